The van der Waals surface area contributed by atoms with Crippen LogP contribution in [-0.4, -0.2) is 18.2 Å². The molecule has 12 heavy (non-hydrogen) atoms. The molecule has 0 fully saturated rings. The molecule has 0 saturated heterocycles. The molecule has 1 aromatic heterocycles. The Morgan fingerprint density at radius 3 is 2.75 bits per heavy atom. The molecule has 3 heteroatoms. The number of aliphatic imine (C=N–C) groups is 1. The first-order chi connectivity index (χ1) is 5.65. The van der Waals surface area contributed by atoms with Gasteiger partial charge in [0.05, 0.1) is 5.69 Å². The van der Waals surface area contributed by atoms with E-state index in [2.05, 4.69) is 9.98 Å². The zero-order chi connectivity index (χ0) is 9.14. The number of aryl methyl sites for hydroxylation is 2. The molecule has 0 atom stereocenters. The molecule has 1 rings (SSSR count). The number of pyridine rings is 1. The topological polar surface area (TPSA) is 51.3 Å². The van der Waals surface area contributed by atoms with Crippen molar-refractivity contribution in [3.05, 3.63) is 23.0 Å². The predicted octanol–water partition coefficient (Wildman–Crippen LogP) is 1.33. The quantitative estimate of drug-likeness (QED) is 0.635. The highest BCUT2D eigenvalue weighted by atomic mass is 14.8. The zero-order valence-corrected chi connectivity index (χ0v) is 7.63. The van der Waals surface area contributed by atoms with E-state index in [1.165, 1.54) is 0 Å². The molecule has 0 saturated carbocycles. The molecular weight excluding hydrogens is 150 g/mol. The average Bonchev–Trinajstić information content (AvgIpc) is 2.00. The number of hydrogen-bond acceptors (Lipinski definition) is 3. The summed E-state index contributed by atoms with van der Waals surface area (Å²) < 4.78 is 0. The summed E-state index contributed by atoms with van der Waals surface area (Å²) in [5.74, 6) is 0. The molecule has 0 aliphatic heterocycles. The van der Waals surface area contributed by atoms with Gasteiger partial charge >= 0.3 is 0 Å². The fourth-order valence-electron chi connectivity index (χ4n) is 1.10. The monoisotopic (exact) mass is 163 g/mol. The smallest absolute Gasteiger partial charge is 0.104 e. The maximum Gasteiger partial charge on any atom is 0.104 e. The molecule has 0 unspecified atom stereocenters. The summed E-state index contributed by atoms with van der Waals surface area (Å²) in [6.45, 7) is 3.91. The first-order valence-electron chi connectivity index (χ1n) is 3.81. The number of nitrogens with two attached hydrogens (primary N) is 1. The standard InChI is InChI=1S/C9H13N3/c1-6-4-7(2)12-8(5-11-3)9(6)10/h4-5H,10H2,1-3H3. The fraction of sp³-hybridized carbons (Fsp3) is 0.333. The first-order valence-corrected chi connectivity index (χ1v) is 3.81. The summed E-state index contributed by atoms with van der Waals surface area (Å²) in [6.07, 6.45) is 1.68. The van der Waals surface area contributed by atoms with Crippen molar-refractivity contribution in [3.8, 4) is 0 Å². The van der Waals surface area contributed by atoms with Gasteiger partial charge in [-0.1, -0.05) is 0 Å². The maximum absolute atomic E-state index is 5.78. The van der Waals surface area contributed by atoms with E-state index < -0.39 is 0 Å². The molecule has 1 heterocycles. The summed E-state index contributed by atoms with van der Waals surface area (Å²) >= 11 is 0. The van der Waals surface area contributed by atoms with Gasteiger partial charge in [0.2, 0.25) is 0 Å². The fourth-order valence-corrected chi connectivity index (χ4v) is 1.10. The summed E-state index contributed by atoms with van der Waals surface area (Å²) in [5, 5.41) is 0. The third-order valence-corrected chi connectivity index (χ3v) is 1.67. The molecule has 0 bridgehead atoms. The lowest BCUT2D eigenvalue weighted by Crippen LogP contribution is -2.01. The SMILES string of the molecule is CN=Cc1nc(C)cc(C)c1N. The van der Waals surface area contributed by atoms with Crippen molar-refractivity contribution in [3.63, 3.8) is 0 Å². The summed E-state index contributed by atoms with van der Waals surface area (Å²) in [7, 11) is 1.71. The number of anilines is 1. The minimum Gasteiger partial charge on any atom is -0.397 e. The van der Waals surface area contributed by atoms with Crippen LogP contribution >= 0.6 is 0 Å². The highest BCUT2D eigenvalue weighted by molar-refractivity contribution is 5.85. The Kier molecular flexibility index (Phi) is 2.43. The van der Waals surface area contributed by atoms with Gasteiger partial charge < -0.3 is 5.73 Å². The second-order valence-corrected chi connectivity index (χ2v) is 2.77. The van der Waals surface area contributed by atoms with Gasteiger partial charge in [-0.2, -0.15) is 0 Å². The molecule has 0 amide bonds. The molecule has 0 spiro atoms. The molecule has 0 aliphatic rings. The number of hydrogen-bond donors (Lipinski definition) is 1. The van der Waals surface area contributed by atoms with Crippen molar-refractivity contribution in [2.24, 2.45) is 4.99 Å². The van der Waals surface area contributed by atoms with Crippen LogP contribution in [0.25, 0.3) is 0 Å². The minimum absolute atomic E-state index is 0.714. The van der Waals surface area contributed by atoms with E-state index in [1.54, 1.807) is 13.3 Å². The lowest BCUT2D eigenvalue weighted by molar-refractivity contribution is 1.16. The van der Waals surface area contributed by atoms with Crippen LogP contribution < -0.4 is 5.73 Å². The number of rotatable bonds is 1. The number of aromatic nitrogens is 1. The summed E-state index contributed by atoms with van der Waals surface area (Å²) in [6, 6.07) is 1.96. The van der Waals surface area contributed by atoms with Crippen LogP contribution in [0.4, 0.5) is 5.69 Å². The van der Waals surface area contributed by atoms with Gasteiger partial charge in [-0.25, -0.2) is 4.98 Å². The summed E-state index contributed by atoms with van der Waals surface area (Å²) in [4.78, 5) is 8.13. The van der Waals surface area contributed by atoms with Gasteiger partial charge in [0.25, 0.3) is 0 Å². The van der Waals surface area contributed by atoms with Crippen LogP contribution in [0.1, 0.15) is 17.0 Å². The molecule has 1 aromatic rings. The van der Waals surface area contributed by atoms with Crippen LogP contribution in [0.3, 0.4) is 0 Å². The van der Waals surface area contributed by atoms with Crippen molar-refractivity contribution >= 4 is 11.9 Å². The Bertz CT molecular complexity index is 316. The van der Waals surface area contributed by atoms with Crippen molar-refractivity contribution in [2.45, 2.75) is 13.8 Å². The Morgan fingerprint density at radius 1 is 1.50 bits per heavy atom. The lowest BCUT2D eigenvalue weighted by atomic mass is 10.2. The first kappa shape index (κ1) is 8.71. The normalized spacial score (nSPS) is 10.9. The molecule has 0 aliphatic carbocycles. The van der Waals surface area contributed by atoms with E-state index in [-0.39, 0.29) is 0 Å². The Hall–Kier alpha value is -1.38. The van der Waals surface area contributed by atoms with E-state index in [0.717, 1.165) is 17.0 Å². The van der Waals surface area contributed by atoms with Crippen LogP contribution in [0.2, 0.25) is 0 Å². The Morgan fingerprint density at radius 2 is 2.17 bits per heavy atom. The second-order valence-electron chi connectivity index (χ2n) is 2.77. The summed E-state index contributed by atoms with van der Waals surface area (Å²) in [5.41, 5.74) is 9.28. The Labute approximate surface area is 72.3 Å². The molecule has 0 aromatic carbocycles. The largest absolute Gasteiger partial charge is 0.397 e. The third kappa shape index (κ3) is 1.61. The highest BCUT2D eigenvalue weighted by Gasteiger charge is 2.01. The maximum atomic E-state index is 5.78. The van der Waals surface area contributed by atoms with Crippen LogP contribution in [0.5, 0.6) is 0 Å². The Balaban J connectivity index is 3.27. The van der Waals surface area contributed by atoms with E-state index in [0.29, 0.717) is 5.69 Å². The van der Waals surface area contributed by atoms with Crippen molar-refractivity contribution in [2.75, 3.05) is 12.8 Å². The van der Waals surface area contributed by atoms with E-state index in [1.807, 2.05) is 19.9 Å². The van der Waals surface area contributed by atoms with Gasteiger partial charge in [-0.3, -0.25) is 4.99 Å². The zero-order valence-electron chi connectivity index (χ0n) is 7.63. The van der Waals surface area contributed by atoms with Crippen LogP contribution in [-0.2, 0) is 0 Å². The van der Waals surface area contributed by atoms with Crippen LogP contribution in [0.15, 0.2) is 11.1 Å². The highest BCUT2D eigenvalue weighted by Crippen LogP contribution is 2.13. The van der Waals surface area contributed by atoms with Gasteiger partial charge in [0.15, 0.2) is 0 Å². The van der Waals surface area contributed by atoms with Gasteiger partial charge in [0.1, 0.15) is 5.69 Å². The van der Waals surface area contributed by atoms with Gasteiger partial charge in [-0.05, 0) is 25.5 Å². The van der Waals surface area contributed by atoms with Crippen molar-refractivity contribution in [1.82, 2.24) is 4.98 Å². The molecular formula is C9H13N3. The second kappa shape index (κ2) is 3.34. The average molecular weight is 163 g/mol. The molecule has 64 valence electrons. The van der Waals surface area contributed by atoms with E-state index in [4.69, 9.17) is 5.73 Å². The van der Waals surface area contributed by atoms with Crippen LogP contribution in [0, 0.1) is 13.8 Å². The minimum atomic E-state index is 0.714. The number of nitrogens with zero attached hydrogens (tertiary/aromatic N) is 2. The lowest BCUT2D eigenvalue weighted by Gasteiger charge is -2.04. The van der Waals surface area contributed by atoms with E-state index in [9.17, 15) is 0 Å². The molecule has 0 radical (unpaired) electrons. The molecule has 3 nitrogen and oxygen atoms in total. The van der Waals surface area contributed by atoms with Crippen molar-refractivity contribution in [1.29, 1.82) is 0 Å². The van der Waals surface area contributed by atoms with Crippen molar-refractivity contribution < 1.29 is 0 Å². The van der Waals surface area contributed by atoms with Gasteiger partial charge in [0, 0.05) is 19.0 Å². The number of nitrogen functional groups attached to an aromatic ring is 1. The predicted molar refractivity (Wildman–Crippen MR) is 51.6 cm³/mol. The molecule has 2 N–H and O–H groups in total. The van der Waals surface area contributed by atoms with Gasteiger partial charge in [-0.15, -0.1) is 0 Å². The third-order valence-electron chi connectivity index (χ3n) is 1.67. The van der Waals surface area contributed by atoms with E-state index >= 15 is 0 Å².